The lowest BCUT2D eigenvalue weighted by molar-refractivity contribution is 0.569. The van der Waals surface area contributed by atoms with Crippen LogP contribution >= 0.6 is 0 Å². The van der Waals surface area contributed by atoms with Crippen molar-refractivity contribution in [2.24, 2.45) is 0 Å². The van der Waals surface area contributed by atoms with Crippen molar-refractivity contribution in [3.63, 3.8) is 0 Å². The number of aromatic nitrogens is 5. The molecule has 2 aliphatic heterocycles. The van der Waals surface area contributed by atoms with E-state index >= 15 is 0 Å². The Morgan fingerprint density at radius 2 is 0.900 bits per heavy atom. The van der Waals surface area contributed by atoms with Crippen molar-refractivity contribution in [1.82, 2.24) is 24.9 Å². The highest BCUT2D eigenvalue weighted by molar-refractivity contribution is 5.93. The van der Waals surface area contributed by atoms with E-state index in [0.29, 0.717) is 0 Å². The first-order valence-electron chi connectivity index (χ1n) is 17.3. The molecule has 5 nitrogen and oxygen atoms in total. The summed E-state index contributed by atoms with van der Waals surface area (Å²) in [6, 6.07) is 32.6. The third-order valence-electron chi connectivity index (χ3n) is 9.54. The molecule has 5 heteroatoms. The summed E-state index contributed by atoms with van der Waals surface area (Å²) in [5, 5.41) is 0. The van der Waals surface area contributed by atoms with Crippen LogP contribution in [0.5, 0.6) is 0 Å². The predicted molar refractivity (Wildman–Crippen MR) is 210 cm³/mol. The van der Waals surface area contributed by atoms with Gasteiger partial charge in [0.15, 0.2) is 0 Å². The maximum absolute atomic E-state index is 5.21. The maximum atomic E-state index is 5.21. The number of hydrogen-bond acceptors (Lipinski definition) is 3. The zero-order valence-electron chi connectivity index (χ0n) is 29.5. The fourth-order valence-electron chi connectivity index (χ4n) is 6.69. The Kier molecular flexibility index (Phi) is 7.52. The van der Waals surface area contributed by atoms with Crippen molar-refractivity contribution in [2.45, 2.75) is 52.4 Å². The highest BCUT2D eigenvalue weighted by Gasteiger charge is 2.23. The Labute approximate surface area is 293 Å². The number of nitrogens with zero attached hydrogens (tertiary/aromatic N) is 3. The van der Waals surface area contributed by atoms with E-state index in [1.807, 2.05) is 24.5 Å². The molecule has 50 heavy (non-hydrogen) atoms. The van der Waals surface area contributed by atoms with Crippen molar-refractivity contribution >= 4 is 46.4 Å². The first-order valence-corrected chi connectivity index (χ1v) is 17.3. The van der Waals surface area contributed by atoms with Crippen molar-refractivity contribution in [2.75, 3.05) is 0 Å². The van der Waals surface area contributed by atoms with Gasteiger partial charge in [0.25, 0.3) is 0 Å². The van der Waals surface area contributed by atoms with Crippen LogP contribution in [-0.2, 0) is 10.8 Å². The minimum Gasteiger partial charge on any atom is -0.355 e. The Balaban J connectivity index is 1.36. The van der Waals surface area contributed by atoms with Crippen LogP contribution in [0.3, 0.4) is 0 Å². The molecule has 2 aromatic carbocycles. The lowest BCUT2D eigenvalue weighted by atomic mass is 9.79. The van der Waals surface area contributed by atoms with E-state index in [0.717, 1.165) is 78.2 Å². The summed E-state index contributed by atoms with van der Waals surface area (Å²) in [5.41, 5.74) is 16.9. The van der Waals surface area contributed by atoms with Gasteiger partial charge in [0.1, 0.15) is 0 Å². The monoisotopic (exact) mass is 651 g/mol. The van der Waals surface area contributed by atoms with Gasteiger partial charge in [0.2, 0.25) is 0 Å². The Morgan fingerprint density at radius 3 is 1.40 bits per heavy atom. The SMILES string of the molecule is CC(C)(C)c1cc(-c2c3nc(cc4ccc([nH]4)c(-c4ccc(-c5ccncc5)cc4)c4nc(cc5ccc2[nH]5)C=C4)C=C3)cc(C(C)(C)C)c1. The molecule has 0 unspecified atom stereocenters. The average Bonchev–Trinajstić information content (AvgIpc) is 3.92. The normalized spacial score (nSPS) is 12.8. The molecule has 6 aromatic rings. The van der Waals surface area contributed by atoms with Crippen LogP contribution in [0.4, 0.5) is 0 Å². The molecule has 8 rings (SSSR count). The smallest absolute Gasteiger partial charge is 0.0736 e. The molecule has 0 atom stereocenters. The fourth-order valence-corrected chi connectivity index (χ4v) is 6.69. The van der Waals surface area contributed by atoms with E-state index in [1.54, 1.807) is 0 Å². The summed E-state index contributed by atoms with van der Waals surface area (Å²) in [6.45, 7) is 13.7. The number of fused-ring (bicyclic) bond motifs is 8. The first-order chi connectivity index (χ1) is 24.0. The number of H-pyrrole nitrogens is 2. The molecular weight excluding hydrogens is 611 g/mol. The fraction of sp³-hybridized carbons (Fsp3) is 0.178. The van der Waals surface area contributed by atoms with Crippen LogP contribution < -0.4 is 0 Å². The number of pyridine rings is 1. The van der Waals surface area contributed by atoms with Gasteiger partial charge < -0.3 is 9.97 Å². The molecule has 2 aliphatic rings. The second-order valence-corrected chi connectivity index (χ2v) is 15.3. The summed E-state index contributed by atoms with van der Waals surface area (Å²) in [4.78, 5) is 21.9. The van der Waals surface area contributed by atoms with E-state index in [2.05, 4.69) is 160 Å². The quantitative estimate of drug-likeness (QED) is 0.200. The van der Waals surface area contributed by atoms with Crippen molar-refractivity contribution in [3.8, 4) is 33.4 Å². The lowest BCUT2D eigenvalue weighted by Crippen LogP contribution is -2.16. The second-order valence-electron chi connectivity index (χ2n) is 15.3. The molecule has 4 aromatic heterocycles. The average molecular weight is 652 g/mol. The minimum atomic E-state index is -0.00799. The van der Waals surface area contributed by atoms with Crippen LogP contribution in [0.25, 0.3) is 79.8 Å². The van der Waals surface area contributed by atoms with Crippen molar-refractivity contribution in [3.05, 3.63) is 137 Å². The highest BCUT2D eigenvalue weighted by Crippen LogP contribution is 2.38. The van der Waals surface area contributed by atoms with Gasteiger partial charge in [-0.1, -0.05) is 84.0 Å². The summed E-state index contributed by atoms with van der Waals surface area (Å²) >= 11 is 0. The van der Waals surface area contributed by atoms with Gasteiger partial charge >= 0.3 is 0 Å². The number of rotatable bonds is 3. The van der Waals surface area contributed by atoms with E-state index < -0.39 is 0 Å². The van der Waals surface area contributed by atoms with Crippen LogP contribution in [0.1, 0.15) is 75.4 Å². The van der Waals surface area contributed by atoms with Crippen LogP contribution in [0.15, 0.2) is 103 Å². The van der Waals surface area contributed by atoms with E-state index in [1.165, 1.54) is 11.1 Å². The molecule has 2 N–H and O–H groups in total. The molecule has 0 aliphatic carbocycles. The third-order valence-corrected chi connectivity index (χ3v) is 9.54. The van der Waals surface area contributed by atoms with E-state index in [9.17, 15) is 0 Å². The van der Waals surface area contributed by atoms with Crippen LogP contribution in [0.2, 0.25) is 0 Å². The van der Waals surface area contributed by atoms with Crippen molar-refractivity contribution < 1.29 is 0 Å². The highest BCUT2D eigenvalue weighted by atomic mass is 14.8. The molecule has 6 heterocycles. The topological polar surface area (TPSA) is 70.2 Å². The second kappa shape index (κ2) is 12.0. The predicted octanol–water partition coefficient (Wildman–Crippen LogP) is 11.6. The van der Waals surface area contributed by atoms with Gasteiger partial charge in [-0.25, -0.2) is 9.97 Å². The third kappa shape index (κ3) is 6.12. The Morgan fingerprint density at radius 1 is 0.440 bits per heavy atom. The molecule has 0 saturated heterocycles. The Bertz CT molecular complexity index is 2450. The summed E-state index contributed by atoms with van der Waals surface area (Å²) in [6.07, 6.45) is 12.1. The van der Waals surface area contributed by atoms with Crippen LogP contribution in [0, 0.1) is 0 Å². The lowest BCUT2D eigenvalue weighted by Gasteiger charge is -2.26. The summed E-state index contributed by atoms with van der Waals surface area (Å²) in [5.74, 6) is 0. The Hall–Kier alpha value is -5.81. The summed E-state index contributed by atoms with van der Waals surface area (Å²) < 4.78 is 0. The number of benzene rings is 2. The zero-order valence-corrected chi connectivity index (χ0v) is 29.5. The molecule has 0 amide bonds. The van der Waals surface area contributed by atoms with Gasteiger partial charge in [-0.05, 0) is 117 Å². The molecule has 246 valence electrons. The molecule has 0 fully saturated rings. The molecule has 0 spiro atoms. The molecule has 0 saturated carbocycles. The van der Waals surface area contributed by atoms with Gasteiger partial charge in [-0.15, -0.1) is 0 Å². The largest absolute Gasteiger partial charge is 0.355 e. The van der Waals surface area contributed by atoms with Crippen molar-refractivity contribution in [1.29, 1.82) is 0 Å². The maximum Gasteiger partial charge on any atom is 0.0736 e. The number of hydrogen-bond donors (Lipinski definition) is 2. The standard InChI is InChI=1S/C45H41N5/c1-44(2,3)32-23-31(24-33(25-32)45(4,5)6)43-40-17-13-36(49-40)26-34-11-15-38(47-34)42(30-9-7-28(8-10-30)29-19-21-46-22-20-29)39-16-12-35(48-39)27-37-14-18-41(43)50-37/h7-27,47,50H,1-6H3. The van der Waals surface area contributed by atoms with Gasteiger partial charge in [0.05, 0.1) is 22.8 Å². The number of nitrogens with one attached hydrogen (secondary N) is 2. The van der Waals surface area contributed by atoms with Crippen LogP contribution in [-0.4, -0.2) is 24.9 Å². The first kappa shape index (κ1) is 31.5. The molecule has 8 bridgehead atoms. The summed E-state index contributed by atoms with van der Waals surface area (Å²) in [7, 11) is 0. The zero-order chi connectivity index (χ0) is 34.6. The van der Waals surface area contributed by atoms with Gasteiger partial charge in [-0.2, -0.15) is 0 Å². The van der Waals surface area contributed by atoms with Gasteiger partial charge in [0, 0.05) is 45.6 Å². The number of aromatic amines is 2. The minimum absolute atomic E-state index is 0.00799. The molecule has 0 radical (unpaired) electrons. The molecular formula is C45H41N5. The van der Waals surface area contributed by atoms with E-state index in [-0.39, 0.29) is 10.8 Å². The van der Waals surface area contributed by atoms with E-state index in [4.69, 9.17) is 9.97 Å². The van der Waals surface area contributed by atoms with Gasteiger partial charge in [-0.3, -0.25) is 4.98 Å².